The Labute approximate surface area is 152 Å². The lowest BCUT2D eigenvalue weighted by molar-refractivity contribution is -0.145. The van der Waals surface area contributed by atoms with Crippen LogP contribution in [-0.4, -0.2) is 92.1 Å². The van der Waals surface area contributed by atoms with Gasteiger partial charge >= 0.3 is 0 Å². The number of aliphatic hydroxyl groups excluding tert-OH is 4. The Morgan fingerprint density at radius 3 is 2.73 bits per heavy atom. The van der Waals surface area contributed by atoms with Crippen molar-refractivity contribution in [1.29, 1.82) is 0 Å². The van der Waals surface area contributed by atoms with E-state index in [9.17, 15) is 20.1 Å². The van der Waals surface area contributed by atoms with E-state index in [-0.39, 0.29) is 12.5 Å². The molecule has 0 unspecified atom stereocenters. The van der Waals surface area contributed by atoms with Crippen molar-refractivity contribution in [3.63, 3.8) is 0 Å². The maximum Gasteiger partial charge on any atom is 0.255 e. The lowest BCUT2D eigenvalue weighted by Crippen LogP contribution is -2.52. The van der Waals surface area contributed by atoms with Gasteiger partial charge in [-0.15, -0.1) is 0 Å². The van der Waals surface area contributed by atoms with Crippen LogP contribution in [0, 0.1) is 0 Å². The zero-order valence-corrected chi connectivity index (χ0v) is 14.6. The van der Waals surface area contributed by atoms with E-state index in [1.807, 2.05) is 0 Å². The fourth-order valence-electron chi connectivity index (χ4n) is 2.95. The fraction of sp³-hybridized carbons (Fsp3) is 0.706. The van der Waals surface area contributed by atoms with Crippen molar-refractivity contribution in [1.82, 2.24) is 15.1 Å². The molecule has 9 nitrogen and oxygen atoms in total. The lowest BCUT2D eigenvalue weighted by Gasteiger charge is -2.33. The summed E-state index contributed by atoms with van der Waals surface area (Å²) in [5.41, 5.74) is 0.344. The predicted molar refractivity (Wildman–Crippen MR) is 91.2 cm³/mol. The Bertz CT molecular complexity index is 547. The zero-order valence-electron chi connectivity index (χ0n) is 14.6. The largest absolute Gasteiger partial charge is 0.394 e. The molecule has 2 rings (SSSR count). The first-order valence-corrected chi connectivity index (χ1v) is 8.87. The van der Waals surface area contributed by atoms with E-state index in [2.05, 4.69) is 10.2 Å². The van der Waals surface area contributed by atoms with Crippen LogP contribution in [-0.2, 0) is 4.74 Å². The van der Waals surface area contributed by atoms with Crippen LogP contribution in [0.3, 0.4) is 0 Å². The number of aliphatic hydroxyl groups is 4. The molecule has 0 spiro atoms. The van der Waals surface area contributed by atoms with Crippen molar-refractivity contribution in [2.75, 3.05) is 26.3 Å². The van der Waals surface area contributed by atoms with Gasteiger partial charge in [0.05, 0.1) is 24.6 Å². The minimum atomic E-state index is -1.44. The third-order valence-corrected chi connectivity index (χ3v) is 4.46. The molecule has 1 aliphatic heterocycles. The molecule has 2 heterocycles. The molecule has 1 amide bonds. The molecule has 1 aromatic heterocycles. The van der Waals surface area contributed by atoms with Crippen molar-refractivity contribution < 1.29 is 30.0 Å². The van der Waals surface area contributed by atoms with Crippen LogP contribution in [0.5, 0.6) is 0 Å². The summed E-state index contributed by atoms with van der Waals surface area (Å²) in [6, 6.07) is 1.54. The molecule has 9 heteroatoms. The molecule has 1 saturated heterocycles. The van der Waals surface area contributed by atoms with Crippen LogP contribution < -0.4 is 0 Å². The van der Waals surface area contributed by atoms with E-state index in [1.165, 1.54) is 23.4 Å². The van der Waals surface area contributed by atoms with Crippen LogP contribution in [0.4, 0.5) is 0 Å². The molecule has 1 fully saturated rings. The summed E-state index contributed by atoms with van der Waals surface area (Å²) in [5.74, 6) is -0.316. The van der Waals surface area contributed by atoms with E-state index < -0.39 is 31.0 Å². The summed E-state index contributed by atoms with van der Waals surface area (Å²) in [6.07, 6.45) is 0.772. The monoisotopic (exact) mass is 369 g/mol. The van der Waals surface area contributed by atoms with E-state index >= 15 is 0 Å². The number of carbonyl (C=O) groups excluding carboxylic acids is 1. The summed E-state index contributed by atoms with van der Waals surface area (Å²) in [5, 5.41) is 47.2. The normalized spacial score (nSPS) is 27.2. The maximum absolute atomic E-state index is 12.7. The lowest BCUT2D eigenvalue weighted by atomic mass is 10.0. The molecule has 0 bridgehead atoms. The number of amides is 1. The Morgan fingerprint density at radius 1 is 1.27 bits per heavy atom. The van der Waals surface area contributed by atoms with Gasteiger partial charge in [-0.1, -0.05) is 12.8 Å². The highest BCUT2D eigenvalue weighted by Crippen LogP contribution is 2.15. The molecule has 146 valence electrons. The standard InChI is InChI=1S/C17H27N3O6/c21-11-14(23)16-15(24)13(22)10-20(7-3-1-2-4-8-26-16)17(25)12-5-6-18-19-9-12/h5-6,9,13-16,21-24H,1-4,7-8,10-11H2/t13-,14+,15+,16+/m0/s1. The molecule has 0 radical (unpaired) electrons. The Hall–Kier alpha value is -1.65. The van der Waals surface area contributed by atoms with E-state index in [4.69, 9.17) is 9.84 Å². The number of rotatable bonds is 3. The number of ether oxygens (including phenoxy) is 1. The molecule has 1 aliphatic rings. The van der Waals surface area contributed by atoms with Crippen LogP contribution >= 0.6 is 0 Å². The van der Waals surface area contributed by atoms with Gasteiger partial charge in [-0.3, -0.25) is 4.79 Å². The van der Waals surface area contributed by atoms with Gasteiger partial charge in [0.15, 0.2) is 0 Å². The quantitative estimate of drug-likeness (QED) is 0.530. The summed E-state index contributed by atoms with van der Waals surface area (Å²) in [7, 11) is 0. The summed E-state index contributed by atoms with van der Waals surface area (Å²) in [6.45, 7) is 0.0238. The number of carbonyl (C=O) groups is 1. The highest BCUT2D eigenvalue weighted by atomic mass is 16.5. The predicted octanol–water partition coefficient (Wildman–Crippen LogP) is -1.05. The minimum Gasteiger partial charge on any atom is -0.394 e. The van der Waals surface area contributed by atoms with Crippen molar-refractivity contribution >= 4 is 5.91 Å². The third kappa shape index (κ3) is 5.68. The molecule has 0 aliphatic carbocycles. The fourth-order valence-corrected chi connectivity index (χ4v) is 2.95. The number of hydrogen-bond donors (Lipinski definition) is 4. The molecule has 4 N–H and O–H groups in total. The Balaban J connectivity index is 2.15. The molecular weight excluding hydrogens is 342 g/mol. The van der Waals surface area contributed by atoms with Gasteiger partial charge in [-0.2, -0.15) is 10.2 Å². The Kier molecular flexibility index (Phi) is 8.33. The molecule has 26 heavy (non-hydrogen) atoms. The second kappa shape index (κ2) is 10.5. The zero-order chi connectivity index (χ0) is 18.9. The first-order chi connectivity index (χ1) is 12.5. The van der Waals surface area contributed by atoms with E-state index in [0.29, 0.717) is 18.7 Å². The first kappa shape index (κ1) is 20.7. The smallest absolute Gasteiger partial charge is 0.255 e. The first-order valence-electron chi connectivity index (χ1n) is 8.87. The molecule has 1 aromatic rings. The summed E-state index contributed by atoms with van der Waals surface area (Å²) in [4.78, 5) is 14.1. The van der Waals surface area contributed by atoms with Crippen molar-refractivity contribution in [2.45, 2.75) is 50.1 Å². The molecule has 4 atom stereocenters. The Morgan fingerprint density at radius 2 is 2.04 bits per heavy atom. The molecule has 0 aromatic carbocycles. The second-order valence-electron chi connectivity index (χ2n) is 6.44. The van der Waals surface area contributed by atoms with Gasteiger partial charge in [0.25, 0.3) is 5.91 Å². The maximum atomic E-state index is 12.7. The van der Waals surface area contributed by atoms with Gasteiger partial charge in [0.1, 0.15) is 24.4 Å². The second-order valence-corrected chi connectivity index (χ2v) is 6.44. The van der Waals surface area contributed by atoms with E-state index in [1.54, 1.807) is 0 Å². The number of hydrogen-bond acceptors (Lipinski definition) is 8. The minimum absolute atomic E-state index is 0.125. The number of nitrogens with zero attached hydrogens (tertiary/aromatic N) is 3. The SMILES string of the molecule is O=C(c1ccnnc1)N1CCCCCCO[C@H]([C@H](O)CO)[C@H](O)[C@@H](O)C1. The third-order valence-electron chi connectivity index (χ3n) is 4.46. The van der Waals surface area contributed by atoms with Gasteiger partial charge in [0.2, 0.25) is 0 Å². The van der Waals surface area contributed by atoms with Gasteiger partial charge in [-0.25, -0.2) is 0 Å². The number of aromatic nitrogens is 2. The molecule has 0 saturated carbocycles. The topological polar surface area (TPSA) is 136 Å². The van der Waals surface area contributed by atoms with Crippen LogP contribution in [0.1, 0.15) is 36.0 Å². The van der Waals surface area contributed by atoms with Crippen molar-refractivity contribution in [2.24, 2.45) is 0 Å². The summed E-state index contributed by atoms with van der Waals surface area (Å²) >= 11 is 0. The van der Waals surface area contributed by atoms with Crippen LogP contribution in [0.25, 0.3) is 0 Å². The summed E-state index contributed by atoms with van der Waals surface area (Å²) < 4.78 is 5.49. The molecular formula is C17H27N3O6. The van der Waals surface area contributed by atoms with Crippen molar-refractivity contribution in [3.8, 4) is 0 Å². The average molecular weight is 369 g/mol. The van der Waals surface area contributed by atoms with Gasteiger partial charge in [0, 0.05) is 19.7 Å². The average Bonchev–Trinajstić information content (AvgIpc) is 2.67. The van der Waals surface area contributed by atoms with Gasteiger partial charge in [-0.05, 0) is 18.9 Å². The highest BCUT2D eigenvalue weighted by Gasteiger charge is 2.34. The van der Waals surface area contributed by atoms with Crippen LogP contribution in [0.15, 0.2) is 18.5 Å². The highest BCUT2D eigenvalue weighted by molar-refractivity contribution is 5.93. The van der Waals surface area contributed by atoms with Crippen LogP contribution in [0.2, 0.25) is 0 Å². The van der Waals surface area contributed by atoms with Crippen molar-refractivity contribution in [3.05, 3.63) is 24.0 Å². The van der Waals surface area contributed by atoms with E-state index in [0.717, 1.165) is 25.7 Å². The van der Waals surface area contributed by atoms with Gasteiger partial charge < -0.3 is 30.1 Å². The number of β-amino-alcohol motifs (C(OH)–C–C–N with tert-alkyl or cyclic N) is 1.